The Hall–Kier alpha value is -0.300. The molecule has 1 aromatic rings. The number of hydrogen-bond acceptors (Lipinski definition) is 0. The number of halogens is 1. The minimum absolute atomic E-state index is 0.762. The molecule has 1 aliphatic rings. The number of benzene rings is 1. The molecule has 1 aromatic carbocycles. The van der Waals surface area contributed by atoms with Crippen LogP contribution in [0.5, 0.6) is 0 Å². The van der Waals surface area contributed by atoms with Crippen LogP contribution in [0.15, 0.2) is 30.3 Å². The quantitative estimate of drug-likeness (QED) is 0.711. The lowest BCUT2D eigenvalue weighted by molar-refractivity contribution is 0.397. The highest BCUT2D eigenvalue weighted by Gasteiger charge is 2.30. The predicted molar refractivity (Wildman–Crippen MR) is 69.4 cm³/mol. The summed E-state index contributed by atoms with van der Waals surface area (Å²) in [7, 11) is 0. The molecule has 0 bridgehead atoms. The van der Waals surface area contributed by atoms with E-state index in [1.807, 2.05) is 0 Å². The highest BCUT2D eigenvalue weighted by atomic mass is 79.9. The van der Waals surface area contributed by atoms with Crippen LogP contribution in [0, 0.1) is 11.8 Å². The molecule has 0 saturated heterocycles. The lowest BCUT2D eigenvalue weighted by Gasteiger charge is -2.16. The van der Waals surface area contributed by atoms with Gasteiger partial charge in [0.05, 0.1) is 0 Å². The first-order valence-electron chi connectivity index (χ1n) is 5.95. The average molecular weight is 267 g/mol. The molecule has 1 fully saturated rings. The van der Waals surface area contributed by atoms with E-state index in [1.165, 1.54) is 31.2 Å². The van der Waals surface area contributed by atoms with Crippen LogP contribution in [0.3, 0.4) is 0 Å². The molecule has 3 unspecified atom stereocenters. The third-order valence-electron chi connectivity index (χ3n) is 3.77. The first-order chi connectivity index (χ1) is 7.27. The van der Waals surface area contributed by atoms with E-state index in [-0.39, 0.29) is 0 Å². The second-order valence-electron chi connectivity index (χ2n) is 4.74. The van der Waals surface area contributed by atoms with Crippen molar-refractivity contribution in [2.45, 2.75) is 37.4 Å². The van der Waals surface area contributed by atoms with Crippen LogP contribution in [0.4, 0.5) is 0 Å². The molecule has 0 spiro atoms. The fourth-order valence-corrected chi connectivity index (χ4v) is 3.29. The second kappa shape index (κ2) is 5.16. The highest BCUT2D eigenvalue weighted by molar-refractivity contribution is 9.09. The first kappa shape index (κ1) is 11.2. The lowest BCUT2D eigenvalue weighted by Crippen LogP contribution is -2.11. The van der Waals surface area contributed by atoms with Gasteiger partial charge in [-0.15, -0.1) is 0 Å². The van der Waals surface area contributed by atoms with Crippen LogP contribution >= 0.6 is 15.9 Å². The maximum Gasteiger partial charge on any atom is 0.0174 e. The Labute approximate surface area is 101 Å². The summed E-state index contributed by atoms with van der Waals surface area (Å²) in [6.45, 7) is 2.39. The number of alkyl halides is 1. The molecule has 0 amide bonds. The SMILES string of the molecule is CC1C(Br)CCC1CCc1ccccc1. The molecule has 82 valence electrons. The van der Waals surface area contributed by atoms with Gasteiger partial charge in [0.1, 0.15) is 0 Å². The molecule has 0 N–H and O–H groups in total. The van der Waals surface area contributed by atoms with Crippen molar-refractivity contribution in [2.24, 2.45) is 11.8 Å². The molecule has 0 aliphatic heterocycles. The lowest BCUT2D eigenvalue weighted by atomic mass is 9.91. The van der Waals surface area contributed by atoms with Crippen molar-refractivity contribution in [2.75, 3.05) is 0 Å². The van der Waals surface area contributed by atoms with Crippen molar-refractivity contribution in [3.63, 3.8) is 0 Å². The summed E-state index contributed by atoms with van der Waals surface area (Å²) in [5.41, 5.74) is 1.49. The summed E-state index contributed by atoms with van der Waals surface area (Å²) in [6, 6.07) is 10.9. The fourth-order valence-electron chi connectivity index (χ4n) is 2.60. The summed E-state index contributed by atoms with van der Waals surface area (Å²) in [5.74, 6) is 1.78. The van der Waals surface area contributed by atoms with Crippen LogP contribution in [0.2, 0.25) is 0 Å². The summed E-state index contributed by atoms with van der Waals surface area (Å²) in [4.78, 5) is 0.762. The Morgan fingerprint density at radius 3 is 2.53 bits per heavy atom. The Morgan fingerprint density at radius 1 is 1.20 bits per heavy atom. The van der Waals surface area contributed by atoms with E-state index in [1.54, 1.807) is 0 Å². The van der Waals surface area contributed by atoms with Gasteiger partial charge in [-0.3, -0.25) is 0 Å². The van der Waals surface area contributed by atoms with Crippen LogP contribution in [0.25, 0.3) is 0 Å². The van der Waals surface area contributed by atoms with Crippen LogP contribution < -0.4 is 0 Å². The van der Waals surface area contributed by atoms with Gasteiger partial charge in [-0.05, 0) is 43.1 Å². The van der Waals surface area contributed by atoms with E-state index < -0.39 is 0 Å². The van der Waals surface area contributed by atoms with E-state index in [2.05, 4.69) is 53.2 Å². The van der Waals surface area contributed by atoms with Crippen molar-refractivity contribution in [3.8, 4) is 0 Å². The molecular weight excluding hydrogens is 248 g/mol. The van der Waals surface area contributed by atoms with Gasteiger partial charge in [0.25, 0.3) is 0 Å². The van der Waals surface area contributed by atoms with Crippen molar-refractivity contribution >= 4 is 15.9 Å². The topological polar surface area (TPSA) is 0 Å². The molecule has 1 heteroatoms. The molecule has 0 nitrogen and oxygen atoms in total. The maximum atomic E-state index is 3.77. The summed E-state index contributed by atoms with van der Waals surface area (Å²) >= 11 is 3.77. The predicted octanol–water partition coefficient (Wildman–Crippen LogP) is 4.43. The smallest absolute Gasteiger partial charge is 0.0174 e. The van der Waals surface area contributed by atoms with E-state index in [0.29, 0.717) is 0 Å². The number of aryl methyl sites for hydroxylation is 1. The van der Waals surface area contributed by atoms with Crippen molar-refractivity contribution in [1.29, 1.82) is 0 Å². The average Bonchev–Trinajstić information content (AvgIpc) is 2.59. The Kier molecular flexibility index (Phi) is 3.85. The van der Waals surface area contributed by atoms with Crippen molar-refractivity contribution in [1.82, 2.24) is 0 Å². The van der Waals surface area contributed by atoms with E-state index in [0.717, 1.165) is 16.7 Å². The van der Waals surface area contributed by atoms with E-state index >= 15 is 0 Å². The maximum absolute atomic E-state index is 3.77. The van der Waals surface area contributed by atoms with E-state index in [4.69, 9.17) is 0 Å². The molecular formula is C14H19Br. The number of rotatable bonds is 3. The molecule has 15 heavy (non-hydrogen) atoms. The molecule has 2 rings (SSSR count). The Morgan fingerprint density at radius 2 is 1.93 bits per heavy atom. The van der Waals surface area contributed by atoms with Gasteiger partial charge in [0.2, 0.25) is 0 Å². The minimum atomic E-state index is 0.762. The molecule has 0 heterocycles. The van der Waals surface area contributed by atoms with Crippen molar-refractivity contribution < 1.29 is 0 Å². The zero-order chi connectivity index (χ0) is 10.7. The van der Waals surface area contributed by atoms with Crippen LogP contribution in [-0.4, -0.2) is 4.83 Å². The monoisotopic (exact) mass is 266 g/mol. The van der Waals surface area contributed by atoms with Gasteiger partial charge in [0, 0.05) is 4.83 Å². The van der Waals surface area contributed by atoms with Crippen LogP contribution in [0.1, 0.15) is 31.7 Å². The zero-order valence-corrected chi connectivity index (χ0v) is 10.9. The van der Waals surface area contributed by atoms with Gasteiger partial charge in [-0.2, -0.15) is 0 Å². The standard InChI is InChI=1S/C14H19Br/c1-11-13(9-10-14(11)15)8-7-12-5-3-2-4-6-12/h2-6,11,13-14H,7-10H2,1H3. The van der Waals surface area contributed by atoms with Crippen LogP contribution in [-0.2, 0) is 6.42 Å². The Bertz CT molecular complexity index is 293. The molecule has 0 radical (unpaired) electrons. The summed E-state index contributed by atoms with van der Waals surface area (Å²) in [5, 5.41) is 0. The Balaban J connectivity index is 1.84. The highest BCUT2D eigenvalue weighted by Crippen LogP contribution is 2.38. The molecule has 0 aromatic heterocycles. The van der Waals surface area contributed by atoms with Gasteiger partial charge < -0.3 is 0 Å². The molecule has 1 aliphatic carbocycles. The second-order valence-corrected chi connectivity index (χ2v) is 5.91. The molecule has 1 saturated carbocycles. The normalized spacial score (nSPS) is 30.7. The zero-order valence-electron chi connectivity index (χ0n) is 9.33. The van der Waals surface area contributed by atoms with Crippen molar-refractivity contribution in [3.05, 3.63) is 35.9 Å². The van der Waals surface area contributed by atoms with Gasteiger partial charge in [-0.1, -0.05) is 53.2 Å². The van der Waals surface area contributed by atoms with Gasteiger partial charge in [0.15, 0.2) is 0 Å². The summed E-state index contributed by atoms with van der Waals surface area (Å²) < 4.78 is 0. The minimum Gasteiger partial charge on any atom is -0.0888 e. The van der Waals surface area contributed by atoms with Gasteiger partial charge >= 0.3 is 0 Å². The van der Waals surface area contributed by atoms with E-state index in [9.17, 15) is 0 Å². The largest absolute Gasteiger partial charge is 0.0888 e. The number of hydrogen-bond donors (Lipinski definition) is 0. The first-order valence-corrected chi connectivity index (χ1v) is 6.87. The third kappa shape index (κ3) is 2.84. The fraction of sp³-hybridized carbons (Fsp3) is 0.571. The third-order valence-corrected chi connectivity index (χ3v) is 5.07. The van der Waals surface area contributed by atoms with Gasteiger partial charge in [-0.25, -0.2) is 0 Å². The summed E-state index contributed by atoms with van der Waals surface area (Å²) in [6.07, 6.45) is 5.37. The molecule has 3 atom stereocenters.